The highest BCUT2D eigenvalue weighted by Gasteiger charge is 2.29. The average molecular weight is 283 g/mol. The number of amides is 1. The summed E-state index contributed by atoms with van der Waals surface area (Å²) in [6, 6.07) is 0. The van der Waals surface area contributed by atoms with Crippen LogP contribution >= 0.6 is 0 Å². The van der Waals surface area contributed by atoms with E-state index in [2.05, 4.69) is 13.8 Å². The molecule has 0 saturated carbocycles. The van der Waals surface area contributed by atoms with E-state index in [9.17, 15) is 4.79 Å². The summed E-state index contributed by atoms with van der Waals surface area (Å²) in [7, 11) is 0. The van der Waals surface area contributed by atoms with E-state index < -0.39 is 0 Å². The molecule has 1 saturated heterocycles. The Kier molecular flexibility index (Phi) is 6.84. The van der Waals surface area contributed by atoms with Crippen molar-refractivity contribution in [2.75, 3.05) is 13.1 Å². The summed E-state index contributed by atoms with van der Waals surface area (Å²) < 4.78 is 5.45. The maximum absolute atomic E-state index is 12.0. The van der Waals surface area contributed by atoms with E-state index in [4.69, 9.17) is 4.74 Å². The molecule has 1 amide bonds. The van der Waals surface area contributed by atoms with Crippen molar-refractivity contribution in [1.29, 1.82) is 0 Å². The fourth-order valence-corrected chi connectivity index (χ4v) is 3.12. The number of rotatable bonds is 5. The van der Waals surface area contributed by atoms with Crippen molar-refractivity contribution in [3.8, 4) is 0 Å². The Morgan fingerprint density at radius 1 is 1.25 bits per heavy atom. The molecule has 0 aromatic rings. The van der Waals surface area contributed by atoms with E-state index in [1.54, 1.807) is 0 Å². The smallest absolute Gasteiger partial charge is 0.410 e. The van der Waals surface area contributed by atoms with Crippen molar-refractivity contribution < 1.29 is 9.53 Å². The standard InChI is InChI=1S/C17H33NO2/c1-6-8-9-14(7-2)15-10-12-18(13-11-15)16(19)20-17(3,4)5/h14-15H,6-13H2,1-5H3. The van der Waals surface area contributed by atoms with Gasteiger partial charge in [-0.15, -0.1) is 0 Å². The Morgan fingerprint density at radius 3 is 2.30 bits per heavy atom. The number of carbonyl (C=O) groups excluding carboxylic acids is 1. The minimum atomic E-state index is -0.388. The predicted molar refractivity (Wildman–Crippen MR) is 83.8 cm³/mol. The van der Waals surface area contributed by atoms with E-state index in [1.165, 1.54) is 25.7 Å². The third-order valence-electron chi connectivity index (χ3n) is 4.31. The lowest BCUT2D eigenvalue weighted by atomic mass is 9.80. The number of hydrogen-bond acceptors (Lipinski definition) is 2. The van der Waals surface area contributed by atoms with Crippen LogP contribution in [0.2, 0.25) is 0 Å². The molecule has 0 aliphatic carbocycles. The summed E-state index contributed by atoms with van der Waals surface area (Å²) in [5.74, 6) is 1.64. The van der Waals surface area contributed by atoms with Gasteiger partial charge < -0.3 is 9.64 Å². The second kappa shape index (κ2) is 7.90. The minimum absolute atomic E-state index is 0.141. The summed E-state index contributed by atoms with van der Waals surface area (Å²) in [5.41, 5.74) is -0.388. The van der Waals surface area contributed by atoms with E-state index in [0.29, 0.717) is 0 Å². The van der Waals surface area contributed by atoms with Gasteiger partial charge in [0.25, 0.3) is 0 Å². The number of likely N-dealkylation sites (tertiary alicyclic amines) is 1. The highest BCUT2D eigenvalue weighted by molar-refractivity contribution is 5.68. The van der Waals surface area contributed by atoms with Gasteiger partial charge in [0.1, 0.15) is 5.60 Å². The minimum Gasteiger partial charge on any atom is -0.444 e. The maximum atomic E-state index is 12.0. The van der Waals surface area contributed by atoms with Crippen LogP contribution in [0.25, 0.3) is 0 Å². The molecule has 20 heavy (non-hydrogen) atoms. The molecule has 118 valence electrons. The summed E-state index contributed by atoms with van der Waals surface area (Å²) in [5, 5.41) is 0. The lowest BCUT2D eigenvalue weighted by molar-refractivity contribution is 0.0155. The van der Waals surface area contributed by atoms with Crippen molar-refractivity contribution in [1.82, 2.24) is 4.90 Å². The van der Waals surface area contributed by atoms with Gasteiger partial charge in [-0.3, -0.25) is 0 Å². The largest absolute Gasteiger partial charge is 0.444 e. The topological polar surface area (TPSA) is 29.5 Å². The van der Waals surface area contributed by atoms with Gasteiger partial charge >= 0.3 is 6.09 Å². The summed E-state index contributed by atoms with van der Waals surface area (Å²) >= 11 is 0. The molecule has 1 aliphatic heterocycles. The highest BCUT2D eigenvalue weighted by atomic mass is 16.6. The molecular formula is C17H33NO2. The molecule has 1 heterocycles. The van der Waals surface area contributed by atoms with Crippen molar-refractivity contribution in [2.24, 2.45) is 11.8 Å². The van der Waals surface area contributed by atoms with Crippen LogP contribution in [-0.4, -0.2) is 29.7 Å². The Balaban J connectivity index is 2.40. The van der Waals surface area contributed by atoms with Gasteiger partial charge in [0.05, 0.1) is 0 Å². The zero-order valence-electron chi connectivity index (χ0n) is 14.1. The number of carbonyl (C=O) groups is 1. The van der Waals surface area contributed by atoms with E-state index in [0.717, 1.165) is 37.8 Å². The average Bonchev–Trinajstić information content (AvgIpc) is 2.38. The lowest BCUT2D eigenvalue weighted by Gasteiger charge is -2.36. The predicted octanol–water partition coefficient (Wildman–Crippen LogP) is 4.85. The Morgan fingerprint density at radius 2 is 1.85 bits per heavy atom. The highest BCUT2D eigenvalue weighted by Crippen LogP contribution is 2.31. The Bertz CT molecular complexity index is 288. The van der Waals surface area contributed by atoms with Crippen molar-refractivity contribution >= 4 is 6.09 Å². The number of nitrogens with zero attached hydrogens (tertiary/aromatic N) is 1. The third-order valence-corrected chi connectivity index (χ3v) is 4.31. The van der Waals surface area contributed by atoms with Crippen LogP contribution in [0.3, 0.4) is 0 Å². The molecular weight excluding hydrogens is 250 g/mol. The fourth-order valence-electron chi connectivity index (χ4n) is 3.12. The molecule has 3 heteroatoms. The van der Waals surface area contributed by atoms with E-state index in [1.807, 2.05) is 25.7 Å². The molecule has 0 aromatic carbocycles. The molecule has 0 aromatic heterocycles. The molecule has 1 unspecified atom stereocenters. The summed E-state index contributed by atoms with van der Waals surface area (Å²) in [4.78, 5) is 13.9. The van der Waals surface area contributed by atoms with Gasteiger partial charge in [0.15, 0.2) is 0 Å². The van der Waals surface area contributed by atoms with Crippen LogP contribution in [0.5, 0.6) is 0 Å². The van der Waals surface area contributed by atoms with E-state index in [-0.39, 0.29) is 11.7 Å². The van der Waals surface area contributed by atoms with Gasteiger partial charge in [-0.1, -0.05) is 39.5 Å². The van der Waals surface area contributed by atoms with Gasteiger partial charge in [0.2, 0.25) is 0 Å². The first-order valence-corrected chi connectivity index (χ1v) is 8.35. The van der Waals surface area contributed by atoms with Gasteiger partial charge in [-0.05, 0) is 45.4 Å². The van der Waals surface area contributed by atoms with Crippen molar-refractivity contribution in [3.05, 3.63) is 0 Å². The molecule has 1 atom stereocenters. The van der Waals surface area contributed by atoms with E-state index >= 15 is 0 Å². The molecule has 0 radical (unpaired) electrons. The second-order valence-electron chi connectivity index (χ2n) is 7.12. The van der Waals surface area contributed by atoms with Crippen LogP contribution in [0.1, 0.15) is 73.1 Å². The number of unbranched alkanes of at least 4 members (excludes halogenated alkanes) is 1. The van der Waals surface area contributed by atoms with Gasteiger partial charge in [-0.25, -0.2) is 4.79 Å². The quantitative estimate of drug-likeness (QED) is 0.722. The van der Waals surface area contributed by atoms with Gasteiger partial charge in [-0.2, -0.15) is 0 Å². The SMILES string of the molecule is CCCCC(CC)C1CCN(C(=O)OC(C)(C)C)CC1. The molecule has 0 bridgehead atoms. The third kappa shape index (κ3) is 5.72. The second-order valence-corrected chi connectivity index (χ2v) is 7.12. The lowest BCUT2D eigenvalue weighted by Crippen LogP contribution is -2.42. The zero-order valence-corrected chi connectivity index (χ0v) is 14.1. The van der Waals surface area contributed by atoms with Crippen LogP contribution in [0.15, 0.2) is 0 Å². The normalized spacial score (nSPS) is 18.9. The molecule has 0 N–H and O–H groups in total. The van der Waals surface area contributed by atoms with Crippen LogP contribution in [0.4, 0.5) is 4.79 Å². The van der Waals surface area contributed by atoms with Crippen LogP contribution in [-0.2, 0) is 4.74 Å². The molecule has 3 nitrogen and oxygen atoms in total. The molecule has 0 spiro atoms. The number of piperidine rings is 1. The fraction of sp³-hybridized carbons (Fsp3) is 0.941. The molecule has 1 rings (SSSR count). The van der Waals surface area contributed by atoms with Crippen LogP contribution < -0.4 is 0 Å². The Labute approximate surface area is 125 Å². The van der Waals surface area contributed by atoms with Gasteiger partial charge in [0, 0.05) is 13.1 Å². The van der Waals surface area contributed by atoms with Crippen molar-refractivity contribution in [3.63, 3.8) is 0 Å². The maximum Gasteiger partial charge on any atom is 0.410 e. The summed E-state index contributed by atoms with van der Waals surface area (Å²) in [6.45, 7) is 12.1. The first-order valence-electron chi connectivity index (χ1n) is 8.35. The monoisotopic (exact) mass is 283 g/mol. The molecule has 1 aliphatic rings. The summed E-state index contributed by atoms with van der Waals surface area (Å²) in [6.07, 6.45) is 7.39. The Hall–Kier alpha value is -0.730. The molecule has 1 fully saturated rings. The zero-order chi connectivity index (χ0) is 15.2. The van der Waals surface area contributed by atoms with Crippen molar-refractivity contribution in [2.45, 2.75) is 78.7 Å². The first kappa shape index (κ1) is 17.3. The number of hydrogen-bond donors (Lipinski definition) is 0. The first-order chi connectivity index (χ1) is 9.37. The number of ether oxygens (including phenoxy) is 1. The van der Waals surface area contributed by atoms with Crippen LogP contribution in [0, 0.1) is 11.8 Å².